The van der Waals surface area contributed by atoms with E-state index in [0.29, 0.717) is 5.69 Å². The number of halogens is 2. The number of ether oxygens (including phenoxy) is 2. The van der Waals surface area contributed by atoms with Gasteiger partial charge in [0.1, 0.15) is 5.75 Å². The fraction of sp³-hybridized carbons (Fsp3) is 0.167. The fourth-order valence-corrected chi connectivity index (χ4v) is 2.02. The van der Waals surface area contributed by atoms with Crippen molar-refractivity contribution in [1.29, 1.82) is 0 Å². The van der Waals surface area contributed by atoms with Gasteiger partial charge in [0, 0.05) is 11.3 Å². The Morgan fingerprint density at radius 2 is 1.52 bits per heavy atom. The van der Waals surface area contributed by atoms with Crippen LogP contribution in [0.25, 0.3) is 0 Å². The number of amides is 2. The smallest absolute Gasteiger partial charge is 0.387 e. The van der Waals surface area contributed by atoms with E-state index in [0.717, 1.165) is 0 Å². The molecule has 1 atom stereocenters. The number of carbonyl (C=O) groups excluding carboxylic acids is 3. The van der Waals surface area contributed by atoms with Crippen LogP contribution in [0.5, 0.6) is 5.75 Å². The van der Waals surface area contributed by atoms with E-state index in [1.807, 2.05) is 0 Å². The summed E-state index contributed by atoms with van der Waals surface area (Å²) in [7, 11) is 0. The van der Waals surface area contributed by atoms with Gasteiger partial charge >= 0.3 is 12.6 Å². The molecule has 1 unspecified atom stereocenters. The highest BCUT2D eigenvalue weighted by Crippen LogP contribution is 2.16. The molecule has 0 aromatic heterocycles. The van der Waals surface area contributed by atoms with Crippen LogP contribution in [0, 0.1) is 0 Å². The van der Waals surface area contributed by atoms with Gasteiger partial charge in [0.25, 0.3) is 5.91 Å². The molecule has 2 amide bonds. The van der Waals surface area contributed by atoms with Gasteiger partial charge in [-0.25, -0.2) is 4.79 Å². The van der Waals surface area contributed by atoms with Crippen LogP contribution in [0.3, 0.4) is 0 Å². The first-order valence-electron chi connectivity index (χ1n) is 7.73. The second-order valence-corrected chi connectivity index (χ2v) is 5.38. The Morgan fingerprint density at radius 1 is 0.963 bits per heavy atom. The van der Waals surface area contributed by atoms with Crippen molar-refractivity contribution in [3.63, 3.8) is 0 Å². The lowest BCUT2D eigenvalue weighted by Gasteiger charge is -2.14. The third-order valence-electron chi connectivity index (χ3n) is 3.41. The maximum absolute atomic E-state index is 12.1. The molecule has 142 valence electrons. The van der Waals surface area contributed by atoms with Crippen LogP contribution in [-0.2, 0) is 9.53 Å². The average Bonchev–Trinajstić information content (AvgIpc) is 2.62. The number of primary amides is 1. The molecule has 2 aromatic rings. The molecule has 0 saturated carbocycles. The van der Waals surface area contributed by atoms with Crippen molar-refractivity contribution < 1.29 is 32.6 Å². The third kappa shape index (κ3) is 5.77. The first-order valence-corrected chi connectivity index (χ1v) is 7.73. The van der Waals surface area contributed by atoms with Crippen LogP contribution in [-0.4, -0.2) is 30.5 Å². The van der Waals surface area contributed by atoms with Crippen LogP contribution < -0.4 is 15.8 Å². The van der Waals surface area contributed by atoms with Crippen molar-refractivity contribution in [2.45, 2.75) is 19.6 Å². The minimum Gasteiger partial charge on any atom is -0.449 e. The van der Waals surface area contributed by atoms with Crippen LogP contribution in [0.4, 0.5) is 14.5 Å². The van der Waals surface area contributed by atoms with Crippen molar-refractivity contribution in [3.8, 4) is 5.75 Å². The number of hydrogen-bond acceptors (Lipinski definition) is 5. The average molecular weight is 378 g/mol. The SMILES string of the molecule is CC(OC(=O)c1ccc(OC(F)F)cc1)C(=O)Nc1ccc(C(N)=O)cc1. The number of nitrogens with one attached hydrogen (secondary N) is 1. The molecule has 0 fully saturated rings. The minimum absolute atomic E-state index is 0.0714. The maximum atomic E-state index is 12.1. The summed E-state index contributed by atoms with van der Waals surface area (Å²) >= 11 is 0. The zero-order valence-electron chi connectivity index (χ0n) is 14.1. The van der Waals surface area contributed by atoms with Crippen molar-refractivity contribution >= 4 is 23.5 Å². The molecule has 3 N–H and O–H groups in total. The van der Waals surface area contributed by atoms with Gasteiger partial charge in [-0.1, -0.05) is 0 Å². The van der Waals surface area contributed by atoms with E-state index in [1.54, 1.807) is 0 Å². The predicted molar refractivity (Wildman–Crippen MR) is 91.5 cm³/mol. The Hall–Kier alpha value is -3.49. The lowest BCUT2D eigenvalue weighted by atomic mass is 10.2. The highest BCUT2D eigenvalue weighted by atomic mass is 19.3. The Kier molecular flexibility index (Phi) is 6.42. The summed E-state index contributed by atoms with van der Waals surface area (Å²) < 4.78 is 33.4. The quantitative estimate of drug-likeness (QED) is 0.720. The number of esters is 1. The summed E-state index contributed by atoms with van der Waals surface area (Å²) in [5.74, 6) is -2.09. The highest BCUT2D eigenvalue weighted by Gasteiger charge is 2.19. The first kappa shape index (κ1) is 19.8. The number of alkyl halides is 2. The second kappa shape index (κ2) is 8.75. The van der Waals surface area contributed by atoms with Crippen LogP contribution in [0.1, 0.15) is 27.6 Å². The number of rotatable bonds is 7. The van der Waals surface area contributed by atoms with Crippen molar-refractivity contribution in [1.82, 2.24) is 0 Å². The summed E-state index contributed by atoms with van der Waals surface area (Å²) in [5.41, 5.74) is 5.87. The molecular weight excluding hydrogens is 362 g/mol. The summed E-state index contributed by atoms with van der Waals surface area (Å²) in [6, 6.07) is 10.7. The minimum atomic E-state index is -2.97. The van der Waals surface area contributed by atoms with E-state index in [9.17, 15) is 23.2 Å². The molecule has 9 heteroatoms. The molecule has 2 rings (SSSR count). The molecular formula is C18H16F2N2O5. The van der Waals surface area contributed by atoms with Gasteiger partial charge in [0.15, 0.2) is 6.10 Å². The van der Waals surface area contributed by atoms with E-state index in [2.05, 4.69) is 10.1 Å². The van der Waals surface area contributed by atoms with Gasteiger partial charge < -0.3 is 20.5 Å². The molecule has 27 heavy (non-hydrogen) atoms. The standard InChI is InChI=1S/C18H16F2N2O5/c1-10(16(24)22-13-6-2-11(3-7-13)15(21)23)26-17(25)12-4-8-14(9-5-12)27-18(19)20/h2-10,18H,1H3,(H2,21,23)(H,22,24). The monoisotopic (exact) mass is 378 g/mol. The van der Waals surface area contributed by atoms with E-state index in [1.165, 1.54) is 55.5 Å². The Morgan fingerprint density at radius 3 is 2.04 bits per heavy atom. The summed E-state index contributed by atoms with van der Waals surface area (Å²) in [6.07, 6.45) is -1.12. The third-order valence-corrected chi connectivity index (χ3v) is 3.41. The molecule has 0 heterocycles. The molecule has 0 radical (unpaired) electrons. The molecule has 0 aliphatic carbocycles. The van der Waals surface area contributed by atoms with Gasteiger partial charge in [-0.3, -0.25) is 9.59 Å². The fourth-order valence-electron chi connectivity index (χ4n) is 2.02. The van der Waals surface area contributed by atoms with Crippen LogP contribution >= 0.6 is 0 Å². The molecule has 2 aromatic carbocycles. The molecule has 0 saturated heterocycles. The number of anilines is 1. The highest BCUT2D eigenvalue weighted by molar-refractivity contribution is 5.98. The van der Waals surface area contributed by atoms with Crippen molar-refractivity contribution in [2.24, 2.45) is 5.73 Å². The lowest BCUT2D eigenvalue weighted by molar-refractivity contribution is -0.123. The molecule has 0 spiro atoms. The largest absolute Gasteiger partial charge is 0.449 e. The Bertz CT molecular complexity index is 823. The molecule has 0 bridgehead atoms. The van der Waals surface area contributed by atoms with Crippen molar-refractivity contribution in [2.75, 3.05) is 5.32 Å². The number of hydrogen-bond donors (Lipinski definition) is 2. The normalized spacial score (nSPS) is 11.6. The van der Waals surface area contributed by atoms with E-state index in [-0.39, 0.29) is 16.9 Å². The summed E-state index contributed by atoms with van der Waals surface area (Å²) in [5, 5.41) is 2.52. The second-order valence-electron chi connectivity index (χ2n) is 5.38. The number of carbonyl (C=O) groups is 3. The van der Waals surface area contributed by atoms with E-state index < -0.39 is 30.5 Å². The van der Waals surface area contributed by atoms with E-state index >= 15 is 0 Å². The number of nitrogens with two attached hydrogens (primary N) is 1. The van der Waals surface area contributed by atoms with E-state index in [4.69, 9.17) is 10.5 Å². The lowest BCUT2D eigenvalue weighted by Crippen LogP contribution is -2.30. The zero-order valence-corrected chi connectivity index (χ0v) is 14.1. The zero-order chi connectivity index (χ0) is 20.0. The van der Waals surface area contributed by atoms with Gasteiger partial charge in [0.05, 0.1) is 5.56 Å². The Balaban J connectivity index is 1.92. The van der Waals surface area contributed by atoms with Gasteiger partial charge in [-0.2, -0.15) is 8.78 Å². The van der Waals surface area contributed by atoms with Gasteiger partial charge in [-0.05, 0) is 55.5 Å². The van der Waals surface area contributed by atoms with Crippen LogP contribution in [0.15, 0.2) is 48.5 Å². The summed E-state index contributed by atoms with van der Waals surface area (Å²) in [6.45, 7) is -1.59. The Labute approximate surface area is 153 Å². The molecule has 0 aliphatic rings. The topological polar surface area (TPSA) is 108 Å². The number of benzene rings is 2. The molecule has 7 nitrogen and oxygen atoms in total. The van der Waals surface area contributed by atoms with Gasteiger partial charge in [0.2, 0.25) is 5.91 Å². The van der Waals surface area contributed by atoms with Crippen LogP contribution in [0.2, 0.25) is 0 Å². The predicted octanol–water partition coefficient (Wildman–Crippen LogP) is 2.57. The maximum Gasteiger partial charge on any atom is 0.387 e. The van der Waals surface area contributed by atoms with Gasteiger partial charge in [-0.15, -0.1) is 0 Å². The summed E-state index contributed by atoms with van der Waals surface area (Å²) in [4.78, 5) is 35.1. The first-order chi connectivity index (χ1) is 12.8. The molecule has 0 aliphatic heterocycles. The van der Waals surface area contributed by atoms with Crippen molar-refractivity contribution in [3.05, 3.63) is 59.7 Å².